The lowest BCUT2D eigenvalue weighted by atomic mass is 9.93. The van der Waals surface area contributed by atoms with Crippen LogP contribution in [-0.2, 0) is 4.57 Å². The Kier molecular flexibility index (Phi) is 5.34. The lowest BCUT2D eigenvalue weighted by Gasteiger charge is -2.21. The Hall–Kier alpha value is -2.71. The topological polar surface area (TPSA) is 47.6 Å². The van der Waals surface area contributed by atoms with E-state index < -0.39 is 7.75 Å². The molecule has 0 spiro atoms. The second kappa shape index (κ2) is 7.67. The average Bonchev–Trinajstić information content (AvgIpc) is 2.77. The molecule has 0 heterocycles. The molecule has 134 valence electrons. The van der Waals surface area contributed by atoms with Gasteiger partial charge < -0.3 is 9.05 Å². The average molecular weight is 367 g/mol. The first-order valence-electron chi connectivity index (χ1n) is 8.41. The van der Waals surface area contributed by atoms with Crippen LogP contribution in [0.25, 0.3) is 0 Å². The zero-order chi connectivity index (χ0) is 18.5. The summed E-state index contributed by atoms with van der Waals surface area (Å²) in [5.41, 5.74) is 0.576. The SMILES string of the molecule is CC1(C)C=CC=C(NP(=O)(Oc2ccccc2)Oc2ccccc2)C=C1. The van der Waals surface area contributed by atoms with Crippen molar-refractivity contribution in [2.24, 2.45) is 5.41 Å². The Labute approximate surface area is 154 Å². The van der Waals surface area contributed by atoms with E-state index in [0.717, 1.165) is 0 Å². The van der Waals surface area contributed by atoms with Crippen molar-refractivity contribution in [3.63, 3.8) is 0 Å². The molecule has 1 aliphatic rings. The maximum atomic E-state index is 13.4. The highest BCUT2D eigenvalue weighted by Gasteiger charge is 2.29. The highest BCUT2D eigenvalue weighted by molar-refractivity contribution is 7.52. The quantitative estimate of drug-likeness (QED) is 0.648. The molecule has 0 unspecified atom stereocenters. The van der Waals surface area contributed by atoms with Crippen LogP contribution < -0.4 is 14.1 Å². The van der Waals surface area contributed by atoms with Gasteiger partial charge in [0.1, 0.15) is 11.5 Å². The summed E-state index contributed by atoms with van der Waals surface area (Å²) in [4.78, 5) is 0. The summed E-state index contributed by atoms with van der Waals surface area (Å²) in [6.45, 7) is 4.19. The molecule has 0 atom stereocenters. The van der Waals surface area contributed by atoms with Crippen LogP contribution in [0, 0.1) is 5.41 Å². The first kappa shape index (κ1) is 18.1. The summed E-state index contributed by atoms with van der Waals surface area (Å²) >= 11 is 0. The molecule has 26 heavy (non-hydrogen) atoms. The van der Waals surface area contributed by atoms with E-state index in [2.05, 4.69) is 25.0 Å². The van der Waals surface area contributed by atoms with Crippen LogP contribution in [-0.4, -0.2) is 0 Å². The molecule has 0 bridgehead atoms. The lowest BCUT2D eigenvalue weighted by molar-refractivity contribution is 0.377. The fraction of sp³-hybridized carbons (Fsp3) is 0.143. The molecule has 0 fully saturated rings. The Balaban J connectivity index is 1.86. The molecule has 0 aromatic heterocycles. The fourth-order valence-corrected chi connectivity index (χ4v) is 3.75. The van der Waals surface area contributed by atoms with E-state index in [-0.39, 0.29) is 5.41 Å². The van der Waals surface area contributed by atoms with Crippen LogP contribution in [0.2, 0.25) is 0 Å². The Morgan fingerprint density at radius 3 is 1.92 bits per heavy atom. The summed E-state index contributed by atoms with van der Waals surface area (Å²) in [6.07, 6.45) is 9.76. The Bertz CT molecular complexity index is 825. The summed E-state index contributed by atoms with van der Waals surface area (Å²) in [7, 11) is -3.70. The molecule has 0 saturated heterocycles. The minimum Gasteiger partial charge on any atom is -0.400 e. The predicted octanol–water partition coefficient (Wildman–Crippen LogP) is 5.88. The van der Waals surface area contributed by atoms with Gasteiger partial charge in [0.25, 0.3) is 0 Å². The third-order valence-electron chi connectivity index (χ3n) is 3.70. The second-order valence-corrected chi connectivity index (χ2v) is 8.14. The molecular formula is C21H22NO3P. The van der Waals surface area contributed by atoms with E-state index in [1.54, 1.807) is 24.3 Å². The normalized spacial score (nSPS) is 15.7. The zero-order valence-electron chi connectivity index (χ0n) is 14.8. The molecule has 2 aromatic carbocycles. The highest BCUT2D eigenvalue weighted by Crippen LogP contribution is 2.46. The number of hydrogen-bond acceptors (Lipinski definition) is 3. The van der Waals surface area contributed by atoms with Gasteiger partial charge in [0, 0.05) is 11.1 Å². The molecule has 1 N–H and O–H groups in total. The molecule has 3 rings (SSSR count). The van der Waals surface area contributed by atoms with Crippen LogP contribution >= 0.6 is 7.75 Å². The van der Waals surface area contributed by atoms with Gasteiger partial charge in [-0.15, -0.1) is 0 Å². The van der Waals surface area contributed by atoms with Crippen molar-refractivity contribution in [1.82, 2.24) is 5.09 Å². The third-order valence-corrected chi connectivity index (χ3v) is 5.13. The molecule has 1 aliphatic carbocycles. The first-order chi connectivity index (χ1) is 12.4. The minimum atomic E-state index is -3.70. The number of nitrogens with one attached hydrogen (secondary N) is 1. The van der Waals surface area contributed by atoms with E-state index >= 15 is 0 Å². The fourth-order valence-electron chi connectivity index (χ4n) is 2.35. The smallest absolute Gasteiger partial charge is 0.400 e. The predicted molar refractivity (Wildman–Crippen MR) is 105 cm³/mol. The lowest BCUT2D eigenvalue weighted by Crippen LogP contribution is -2.17. The third kappa shape index (κ3) is 5.14. The van der Waals surface area contributed by atoms with Gasteiger partial charge in [0.15, 0.2) is 0 Å². The van der Waals surface area contributed by atoms with E-state index in [0.29, 0.717) is 17.2 Å². The number of rotatable bonds is 6. The van der Waals surface area contributed by atoms with Crippen LogP contribution in [0.5, 0.6) is 11.5 Å². The molecule has 2 aromatic rings. The van der Waals surface area contributed by atoms with Gasteiger partial charge in [-0.2, -0.15) is 0 Å². The molecule has 0 aliphatic heterocycles. The van der Waals surface area contributed by atoms with E-state index in [1.807, 2.05) is 60.7 Å². The minimum absolute atomic E-state index is 0.0789. The standard InChI is InChI=1S/C21H22NO3P/c1-21(2)16-9-10-18(15-17-21)22-26(23,24-19-11-5-3-6-12-19)25-20-13-7-4-8-14-20/h3-17H,1-2H3,(H,22,23). The first-order valence-corrected chi connectivity index (χ1v) is 9.95. The van der Waals surface area contributed by atoms with Gasteiger partial charge in [-0.1, -0.05) is 68.5 Å². The highest BCUT2D eigenvalue weighted by atomic mass is 31.2. The number of para-hydroxylation sites is 2. The maximum absolute atomic E-state index is 13.4. The van der Waals surface area contributed by atoms with Crippen molar-refractivity contribution in [3.05, 3.63) is 96.7 Å². The van der Waals surface area contributed by atoms with E-state index in [4.69, 9.17) is 9.05 Å². The van der Waals surface area contributed by atoms with E-state index in [1.165, 1.54) is 0 Å². The summed E-state index contributed by atoms with van der Waals surface area (Å²) < 4.78 is 24.9. The summed E-state index contributed by atoms with van der Waals surface area (Å²) in [5, 5.41) is 2.94. The van der Waals surface area contributed by atoms with Crippen LogP contribution in [0.4, 0.5) is 0 Å². The molecule has 0 saturated carbocycles. The molecule has 5 heteroatoms. The van der Waals surface area contributed by atoms with Gasteiger partial charge in [-0.3, -0.25) is 5.09 Å². The van der Waals surface area contributed by atoms with Gasteiger partial charge in [0.05, 0.1) is 0 Å². The number of allylic oxidation sites excluding steroid dienone is 5. The molecule has 4 nitrogen and oxygen atoms in total. The monoisotopic (exact) mass is 367 g/mol. The van der Waals surface area contributed by atoms with Crippen LogP contribution in [0.1, 0.15) is 13.8 Å². The van der Waals surface area contributed by atoms with Crippen LogP contribution in [0.15, 0.2) is 96.7 Å². The van der Waals surface area contributed by atoms with Crippen molar-refractivity contribution in [2.75, 3.05) is 0 Å². The summed E-state index contributed by atoms with van der Waals surface area (Å²) in [6, 6.07) is 18.0. The molecule has 0 amide bonds. The number of hydrogen-bond donors (Lipinski definition) is 1. The Morgan fingerprint density at radius 1 is 0.846 bits per heavy atom. The van der Waals surface area contributed by atoms with Gasteiger partial charge in [0.2, 0.25) is 0 Å². The van der Waals surface area contributed by atoms with Crippen molar-refractivity contribution >= 4 is 7.75 Å². The van der Waals surface area contributed by atoms with Crippen molar-refractivity contribution in [3.8, 4) is 11.5 Å². The van der Waals surface area contributed by atoms with Crippen molar-refractivity contribution in [2.45, 2.75) is 13.8 Å². The molecular weight excluding hydrogens is 345 g/mol. The van der Waals surface area contributed by atoms with Gasteiger partial charge in [-0.05, 0) is 36.4 Å². The number of benzene rings is 2. The van der Waals surface area contributed by atoms with Gasteiger partial charge >= 0.3 is 7.75 Å². The largest absolute Gasteiger partial charge is 0.541 e. The zero-order valence-corrected chi connectivity index (χ0v) is 15.7. The summed E-state index contributed by atoms with van der Waals surface area (Å²) in [5.74, 6) is 0.932. The maximum Gasteiger partial charge on any atom is 0.541 e. The van der Waals surface area contributed by atoms with Crippen molar-refractivity contribution in [1.29, 1.82) is 0 Å². The Morgan fingerprint density at radius 2 is 1.38 bits per heavy atom. The van der Waals surface area contributed by atoms with Crippen LogP contribution in [0.3, 0.4) is 0 Å². The second-order valence-electron chi connectivity index (χ2n) is 6.55. The molecule has 0 radical (unpaired) electrons. The van der Waals surface area contributed by atoms with Crippen molar-refractivity contribution < 1.29 is 13.6 Å². The van der Waals surface area contributed by atoms with Gasteiger partial charge in [-0.25, -0.2) is 4.57 Å². The van der Waals surface area contributed by atoms with E-state index in [9.17, 15) is 4.57 Å².